The van der Waals surface area contributed by atoms with Crippen LogP contribution in [0.2, 0.25) is 0 Å². The highest BCUT2D eigenvalue weighted by Crippen LogP contribution is 2.21. The lowest BCUT2D eigenvalue weighted by atomic mass is 10.1. The van der Waals surface area contributed by atoms with Crippen molar-refractivity contribution in [2.75, 3.05) is 13.2 Å². The third-order valence-corrected chi connectivity index (χ3v) is 5.67. The second kappa shape index (κ2) is 7.35. The lowest BCUT2D eigenvalue weighted by Crippen LogP contribution is -2.41. The van der Waals surface area contributed by atoms with Crippen LogP contribution in [0.5, 0.6) is 0 Å². The van der Waals surface area contributed by atoms with E-state index in [1.54, 1.807) is 5.38 Å². The molecule has 0 aromatic carbocycles. The lowest BCUT2D eigenvalue weighted by Gasteiger charge is -2.21. The van der Waals surface area contributed by atoms with Gasteiger partial charge in [0.05, 0.1) is 13.2 Å². The van der Waals surface area contributed by atoms with Gasteiger partial charge in [0.1, 0.15) is 4.21 Å². The van der Waals surface area contributed by atoms with Gasteiger partial charge in [0.15, 0.2) is 0 Å². The molecule has 19 heavy (non-hydrogen) atoms. The van der Waals surface area contributed by atoms with Crippen LogP contribution in [-0.4, -0.2) is 32.8 Å². The summed E-state index contributed by atoms with van der Waals surface area (Å²) in [6.45, 7) is 6.51. The van der Waals surface area contributed by atoms with E-state index >= 15 is 0 Å². The highest BCUT2D eigenvalue weighted by molar-refractivity contribution is 7.91. The number of hydrogen-bond acceptors (Lipinski definition) is 5. The monoisotopic (exact) mass is 307 g/mol. The number of nitrogens with one attached hydrogen (secondary N) is 1. The summed E-state index contributed by atoms with van der Waals surface area (Å²) in [7, 11) is -3.55. The average Bonchev–Trinajstić information content (AvgIpc) is 2.83. The molecule has 2 N–H and O–H groups in total. The Morgan fingerprint density at radius 3 is 2.63 bits per heavy atom. The van der Waals surface area contributed by atoms with Crippen LogP contribution in [0.1, 0.15) is 26.3 Å². The molecule has 0 saturated carbocycles. The van der Waals surface area contributed by atoms with Gasteiger partial charge in [-0.05, 0) is 29.9 Å². The van der Waals surface area contributed by atoms with Gasteiger partial charge in [-0.2, -0.15) is 0 Å². The van der Waals surface area contributed by atoms with E-state index in [9.17, 15) is 8.42 Å². The van der Waals surface area contributed by atoms with Crippen LogP contribution in [0.3, 0.4) is 0 Å². The van der Waals surface area contributed by atoms with Crippen molar-refractivity contribution in [1.29, 1.82) is 0 Å². The van der Waals surface area contributed by atoms with Gasteiger partial charge in [0.2, 0.25) is 10.0 Å². The van der Waals surface area contributed by atoms with E-state index in [2.05, 4.69) is 4.72 Å². The van der Waals surface area contributed by atoms with Crippen LogP contribution < -0.4 is 4.72 Å². The Hall–Kier alpha value is -0.470. The van der Waals surface area contributed by atoms with Gasteiger partial charge < -0.3 is 9.84 Å². The van der Waals surface area contributed by atoms with Gasteiger partial charge in [-0.15, -0.1) is 11.3 Å². The summed E-state index contributed by atoms with van der Waals surface area (Å²) in [5.74, 6) is 0.138. The molecule has 7 heteroatoms. The molecule has 0 fully saturated rings. The van der Waals surface area contributed by atoms with E-state index in [1.807, 2.05) is 20.8 Å². The van der Waals surface area contributed by atoms with Gasteiger partial charge in [-0.3, -0.25) is 0 Å². The first-order valence-corrected chi connectivity index (χ1v) is 8.55. The van der Waals surface area contributed by atoms with E-state index in [0.717, 1.165) is 11.3 Å². The molecule has 0 radical (unpaired) electrons. The van der Waals surface area contributed by atoms with Crippen molar-refractivity contribution in [2.45, 2.75) is 37.6 Å². The van der Waals surface area contributed by atoms with Crippen molar-refractivity contribution < 1.29 is 18.3 Å². The zero-order valence-corrected chi connectivity index (χ0v) is 13.1. The van der Waals surface area contributed by atoms with Crippen molar-refractivity contribution >= 4 is 21.4 Å². The molecular formula is C12H21NO4S2. The fraction of sp³-hybridized carbons (Fsp3) is 0.667. The van der Waals surface area contributed by atoms with Crippen LogP contribution in [-0.2, 0) is 21.4 Å². The topological polar surface area (TPSA) is 75.6 Å². The molecule has 5 nitrogen and oxygen atoms in total. The maximum atomic E-state index is 12.2. The molecule has 110 valence electrons. The second-order valence-corrected chi connectivity index (χ2v) is 7.42. The first kappa shape index (κ1) is 16.6. The third-order valence-electron chi connectivity index (χ3n) is 2.69. The number of thiophene rings is 1. The zero-order valence-electron chi connectivity index (χ0n) is 11.4. The number of ether oxygens (including phenoxy) is 1. The maximum Gasteiger partial charge on any atom is 0.250 e. The molecule has 1 rings (SSSR count). The van der Waals surface area contributed by atoms with E-state index in [-0.39, 0.29) is 22.8 Å². The lowest BCUT2D eigenvalue weighted by molar-refractivity contribution is 0.116. The summed E-state index contributed by atoms with van der Waals surface area (Å²) >= 11 is 1.11. The Labute approximate surface area is 118 Å². The minimum absolute atomic E-state index is 0.138. The molecular weight excluding hydrogens is 286 g/mol. The molecule has 0 spiro atoms. The van der Waals surface area contributed by atoms with E-state index in [0.29, 0.717) is 18.8 Å². The second-order valence-electron chi connectivity index (χ2n) is 4.56. The van der Waals surface area contributed by atoms with Crippen LogP contribution in [0, 0.1) is 5.92 Å². The zero-order chi connectivity index (χ0) is 14.5. The van der Waals surface area contributed by atoms with Crippen molar-refractivity contribution in [3.05, 3.63) is 17.0 Å². The molecule has 1 aromatic heterocycles. The molecule has 0 bridgehead atoms. The maximum absolute atomic E-state index is 12.2. The fourth-order valence-electron chi connectivity index (χ4n) is 1.44. The highest BCUT2D eigenvalue weighted by Gasteiger charge is 2.23. The molecule has 1 aromatic rings. The largest absolute Gasteiger partial charge is 0.392 e. The number of aliphatic hydroxyl groups is 1. The Morgan fingerprint density at radius 2 is 2.16 bits per heavy atom. The quantitative estimate of drug-likeness (QED) is 0.764. The van der Waals surface area contributed by atoms with Crippen molar-refractivity contribution in [2.24, 2.45) is 5.92 Å². The summed E-state index contributed by atoms with van der Waals surface area (Å²) in [6, 6.07) is 1.23. The van der Waals surface area contributed by atoms with E-state index < -0.39 is 10.0 Å². The summed E-state index contributed by atoms with van der Waals surface area (Å²) in [6.07, 6.45) is 0. The van der Waals surface area contributed by atoms with Gasteiger partial charge >= 0.3 is 0 Å². The Bertz CT molecular complexity index is 482. The van der Waals surface area contributed by atoms with Crippen LogP contribution >= 0.6 is 11.3 Å². The number of rotatable bonds is 8. The smallest absolute Gasteiger partial charge is 0.250 e. The van der Waals surface area contributed by atoms with Crippen molar-refractivity contribution in [3.63, 3.8) is 0 Å². The minimum Gasteiger partial charge on any atom is -0.392 e. The SMILES string of the molecule is CCOCC(NS(=O)(=O)c1cc(CO)cs1)C(C)C. The standard InChI is InChI=1S/C12H21NO4S2/c1-4-17-7-11(9(2)3)13-19(15,16)12-5-10(6-14)8-18-12/h5,8-9,11,13-14H,4,6-7H2,1-3H3. The molecule has 1 unspecified atom stereocenters. The minimum atomic E-state index is -3.55. The van der Waals surface area contributed by atoms with Gasteiger partial charge in [-0.25, -0.2) is 13.1 Å². The molecule has 0 aliphatic heterocycles. The van der Waals surface area contributed by atoms with Crippen LogP contribution in [0.25, 0.3) is 0 Å². The van der Waals surface area contributed by atoms with Gasteiger partial charge in [-0.1, -0.05) is 13.8 Å². The third kappa shape index (κ3) is 4.85. The first-order valence-electron chi connectivity index (χ1n) is 6.19. The summed E-state index contributed by atoms with van der Waals surface area (Å²) in [5, 5.41) is 10.6. The Kier molecular flexibility index (Phi) is 6.41. The molecule has 0 aliphatic carbocycles. The molecule has 0 aliphatic rings. The molecule has 1 atom stereocenters. The average molecular weight is 307 g/mol. The van der Waals surface area contributed by atoms with Gasteiger partial charge in [0, 0.05) is 12.6 Å². The van der Waals surface area contributed by atoms with Crippen LogP contribution in [0.15, 0.2) is 15.7 Å². The summed E-state index contributed by atoms with van der Waals surface area (Å²) in [5.41, 5.74) is 0.608. The normalized spacial score (nSPS) is 13.9. The molecule has 0 saturated heterocycles. The first-order chi connectivity index (χ1) is 8.90. The van der Waals surface area contributed by atoms with E-state index in [1.165, 1.54) is 6.07 Å². The van der Waals surface area contributed by atoms with Crippen LogP contribution in [0.4, 0.5) is 0 Å². The van der Waals surface area contributed by atoms with Crippen molar-refractivity contribution in [3.8, 4) is 0 Å². The predicted molar refractivity (Wildman–Crippen MR) is 75.7 cm³/mol. The molecule has 0 amide bonds. The van der Waals surface area contributed by atoms with Crippen molar-refractivity contribution in [1.82, 2.24) is 4.72 Å². The van der Waals surface area contributed by atoms with E-state index in [4.69, 9.17) is 9.84 Å². The predicted octanol–water partition coefficient (Wildman–Crippen LogP) is 1.58. The van der Waals surface area contributed by atoms with Gasteiger partial charge in [0.25, 0.3) is 0 Å². The highest BCUT2D eigenvalue weighted by atomic mass is 32.2. The number of aliphatic hydroxyl groups excluding tert-OH is 1. The summed E-state index contributed by atoms with van der Waals surface area (Å²) < 4.78 is 32.6. The summed E-state index contributed by atoms with van der Waals surface area (Å²) in [4.78, 5) is 0. The number of sulfonamides is 1. The fourth-order valence-corrected chi connectivity index (χ4v) is 4.03. The number of hydrogen-bond donors (Lipinski definition) is 2. The Morgan fingerprint density at radius 1 is 1.47 bits per heavy atom. The Balaban J connectivity index is 2.81. The molecule has 1 heterocycles.